The van der Waals surface area contributed by atoms with Crippen LogP contribution in [0.5, 0.6) is 0 Å². The summed E-state index contributed by atoms with van der Waals surface area (Å²) < 4.78 is 0. The molecule has 0 aromatic carbocycles. The van der Waals surface area contributed by atoms with Gasteiger partial charge in [-0.15, -0.1) is 0 Å². The number of halogens is 1. The van der Waals surface area contributed by atoms with E-state index in [1.165, 1.54) is 32.1 Å². The van der Waals surface area contributed by atoms with Crippen LogP contribution >= 0.6 is 27.7 Å². The third-order valence-electron chi connectivity index (χ3n) is 2.74. The third kappa shape index (κ3) is 6.74. The van der Waals surface area contributed by atoms with Crippen LogP contribution in [-0.4, -0.2) is 20.5 Å². The highest BCUT2D eigenvalue weighted by molar-refractivity contribution is 9.09. The molecule has 4 heteroatoms. The summed E-state index contributed by atoms with van der Waals surface area (Å²) in [7, 11) is 0. The SMILES string of the molecule is CCCCCC(Br)CCSc1nc(C)cc(C)n1. The number of nitrogens with zero attached hydrogens (tertiary/aromatic N) is 2. The van der Waals surface area contributed by atoms with Crippen molar-refractivity contribution < 1.29 is 0 Å². The number of hydrogen-bond acceptors (Lipinski definition) is 3. The second-order valence-electron chi connectivity index (χ2n) is 4.66. The van der Waals surface area contributed by atoms with Gasteiger partial charge in [0.15, 0.2) is 5.16 Å². The molecule has 0 aliphatic rings. The van der Waals surface area contributed by atoms with Crippen LogP contribution in [0.3, 0.4) is 0 Å². The van der Waals surface area contributed by atoms with Crippen LogP contribution in [0.4, 0.5) is 0 Å². The fourth-order valence-corrected chi connectivity index (χ4v) is 3.65. The van der Waals surface area contributed by atoms with Gasteiger partial charge < -0.3 is 0 Å². The molecule has 0 N–H and O–H groups in total. The first kappa shape index (κ1) is 16.0. The number of unbranched alkanes of at least 4 members (excludes halogenated alkanes) is 2. The Balaban J connectivity index is 2.24. The van der Waals surface area contributed by atoms with Gasteiger partial charge in [0.2, 0.25) is 0 Å². The van der Waals surface area contributed by atoms with E-state index >= 15 is 0 Å². The minimum atomic E-state index is 0.641. The molecule has 18 heavy (non-hydrogen) atoms. The number of rotatable bonds is 8. The largest absolute Gasteiger partial charge is 0.228 e. The molecular formula is C14H23BrN2S. The van der Waals surface area contributed by atoms with E-state index in [-0.39, 0.29) is 0 Å². The predicted octanol–water partition coefficient (Wildman–Crippen LogP) is 4.92. The van der Waals surface area contributed by atoms with E-state index in [1.54, 1.807) is 11.8 Å². The molecule has 1 heterocycles. The lowest BCUT2D eigenvalue weighted by Gasteiger charge is -2.08. The standard InChI is InChI=1S/C14H23BrN2S/c1-4-5-6-7-13(15)8-9-18-14-16-11(2)10-12(3)17-14/h10,13H,4-9H2,1-3H3. The zero-order chi connectivity index (χ0) is 13.4. The molecule has 1 rings (SSSR count). The Bertz CT molecular complexity index is 337. The molecule has 1 atom stereocenters. The summed E-state index contributed by atoms with van der Waals surface area (Å²) in [5.74, 6) is 1.09. The Morgan fingerprint density at radius 2 is 1.83 bits per heavy atom. The number of thioether (sulfide) groups is 1. The smallest absolute Gasteiger partial charge is 0.187 e. The molecule has 0 saturated heterocycles. The van der Waals surface area contributed by atoms with Crippen molar-refractivity contribution in [2.24, 2.45) is 0 Å². The molecular weight excluding hydrogens is 308 g/mol. The first-order valence-electron chi connectivity index (χ1n) is 6.71. The Hall–Kier alpha value is -0.0900. The molecule has 102 valence electrons. The molecule has 0 saturated carbocycles. The summed E-state index contributed by atoms with van der Waals surface area (Å²) in [4.78, 5) is 9.53. The van der Waals surface area contributed by atoms with Crippen molar-refractivity contribution in [3.05, 3.63) is 17.5 Å². The zero-order valence-electron chi connectivity index (χ0n) is 11.6. The first-order valence-corrected chi connectivity index (χ1v) is 8.61. The maximum absolute atomic E-state index is 4.44. The highest BCUT2D eigenvalue weighted by Gasteiger charge is 2.06. The van der Waals surface area contributed by atoms with Gasteiger partial charge >= 0.3 is 0 Å². The lowest BCUT2D eigenvalue weighted by Crippen LogP contribution is -2.00. The molecule has 0 amide bonds. The van der Waals surface area contributed by atoms with Crippen molar-refractivity contribution in [3.63, 3.8) is 0 Å². The highest BCUT2D eigenvalue weighted by atomic mass is 79.9. The van der Waals surface area contributed by atoms with Crippen molar-refractivity contribution in [3.8, 4) is 0 Å². The quantitative estimate of drug-likeness (QED) is 0.293. The van der Waals surface area contributed by atoms with Crippen molar-refractivity contribution in [2.45, 2.75) is 62.9 Å². The Morgan fingerprint density at radius 1 is 1.17 bits per heavy atom. The van der Waals surface area contributed by atoms with Gasteiger partial charge in [-0.2, -0.15) is 0 Å². The van der Waals surface area contributed by atoms with Gasteiger partial charge in [0.05, 0.1) is 0 Å². The second kappa shape index (κ2) is 8.92. The van der Waals surface area contributed by atoms with E-state index < -0.39 is 0 Å². The topological polar surface area (TPSA) is 25.8 Å². The van der Waals surface area contributed by atoms with Crippen LogP contribution in [0.1, 0.15) is 50.4 Å². The van der Waals surface area contributed by atoms with Gasteiger partial charge in [0, 0.05) is 22.0 Å². The number of aryl methyl sites for hydroxylation is 2. The van der Waals surface area contributed by atoms with Crippen LogP contribution in [-0.2, 0) is 0 Å². The second-order valence-corrected chi connectivity index (χ2v) is 7.02. The molecule has 0 aliphatic carbocycles. The summed E-state index contributed by atoms with van der Waals surface area (Å²) in [6.07, 6.45) is 6.43. The van der Waals surface area contributed by atoms with Gasteiger partial charge in [-0.1, -0.05) is 53.9 Å². The molecule has 2 nitrogen and oxygen atoms in total. The van der Waals surface area contributed by atoms with Crippen LogP contribution < -0.4 is 0 Å². The van der Waals surface area contributed by atoms with Gasteiger partial charge in [-0.3, -0.25) is 0 Å². The molecule has 1 unspecified atom stereocenters. The molecule has 1 aromatic rings. The average molecular weight is 331 g/mol. The minimum Gasteiger partial charge on any atom is -0.228 e. The molecule has 1 aromatic heterocycles. The normalized spacial score (nSPS) is 12.7. The Morgan fingerprint density at radius 3 is 2.44 bits per heavy atom. The van der Waals surface area contributed by atoms with Crippen molar-refractivity contribution in [1.29, 1.82) is 0 Å². The maximum Gasteiger partial charge on any atom is 0.187 e. The number of alkyl halides is 1. The lowest BCUT2D eigenvalue weighted by atomic mass is 10.1. The van der Waals surface area contributed by atoms with Crippen LogP contribution in [0.25, 0.3) is 0 Å². The van der Waals surface area contributed by atoms with Gasteiger partial charge in [0.25, 0.3) is 0 Å². The third-order valence-corrected chi connectivity index (χ3v) is 4.54. The Kier molecular flexibility index (Phi) is 7.91. The van der Waals surface area contributed by atoms with E-state index in [0.29, 0.717) is 4.83 Å². The van der Waals surface area contributed by atoms with E-state index in [9.17, 15) is 0 Å². The predicted molar refractivity (Wildman–Crippen MR) is 83.7 cm³/mol. The lowest BCUT2D eigenvalue weighted by molar-refractivity contribution is 0.643. The van der Waals surface area contributed by atoms with E-state index in [0.717, 1.165) is 22.3 Å². The number of hydrogen-bond donors (Lipinski definition) is 0. The summed E-state index contributed by atoms with van der Waals surface area (Å²) in [5, 5.41) is 0.917. The molecule has 0 aliphatic heterocycles. The van der Waals surface area contributed by atoms with Gasteiger partial charge in [-0.25, -0.2) is 9.97 Å². The fourth-order valence-electron chi connectivity index (χ4n) is 1.80. The maximum atomic E-state index is 4.44. The van der Waals surface area contributed by atoms with E-state index in [1.807, 2.05) is 19.9 Å². The van der Waals surface area contributed by atoms with Crippen LogP contribution in [0, 0.1) is 13.8 Å². The number of aromatic nitrogens is 2. The average Bonchev–Trinajstić information content (AvgIpc) is 2.28. The minimum absolute atomic E-state index is 0.641. The Labute approximate surface area is 124 Å². The highest BCUT2D eigenvalue weighted by Crippen LogP contribution is 2.21. The monoisotopic (exact) mass is 330 g/mol. The van der Waals surface area contributed by atoms with Crippen LogP contribution in [0.2, 0.25) is 0 Å². The molecule has 0 radical (unpaired) electrons. The van der Waals surface area contributed by atoms with Gasteiger partial charge in [-0.05, 0) is 32.8 Å². The molecule has 0 fully saturated rings. The van der Waals surface area contributed by atoms with Crippen LogP contribution in [0.15, 0.2) is 11.2 Å². The van der Waals surface area contributed by atoms with Gasteiger partial charge in [0.1, 0.15) is 0 Å². The molecule has 0 spiro atoms. The van der Waals surface area contributed by atoms with Crippen molar-refractivity contribution in [1.82, 2.24) is 9.97 Å². The fraction of sp³-hybridized carbons (Fsp3) is 0.714. The zero-order valence-corrected chi connectivity index (χ0v) is 14.0. The first-order chi connectivity index (χ1) is 8.61. The summed E-state index contributed by atoms with van der Waals surface area (Å²) >= 11 is 5.52. The van der Waals surface area contributed by atoms with Crippen molar-refractivity contribution >= 4 is 27.7 Å². The summed E-state index contributed by atoms with van der Waals surface area (Å²) in [5.41, 5.74) is 2.12. The molecule has 0 bridgehead atoms. The van der Waals surface area contributed by atoms with E-state index in [2.05, 4.69) is 32.8 Å². The van der Waals surface area contributed by atoms with Crippen molar-refractivity contribution in [2.75, 3.05) is 5.75 Å². The summed E-state index contributed by atoms with van der Waals surface area (Å²) in [6.45, 7) is 6.30. The van der Waals surface area contributed by atoms with E-state index in [4.69, 9.17) is 0 Å². The summed E-state index contributed by atoms with van der Waals surface area (Å²) in [6, 6.07) is 2.02.